The van der Waals surface area contributed by atoms with E-state index in [9.17, 15) is 0 Å². The van der Waals surface area contributed by atoms with Gasteiger partial charge in [-0.15, -0.1) is 0 Å². The fraction of sp³-hybridized carbons (Fsp3) is 0.500. The maximum atomic E-state index is 5.53. The first-order valence-electron chi connectivity index (χ1n) is 10.9. The van der Waals surface area contributed by atoms with E-state index in [2.05, 4.69) is 72.3 Å². The molecule has 2 N–H and O–H groups in total. The van der Waals surface area contributed by atoms with Crippen LogP contribution < -0.4 is 21.0 Å². The van der Waals surface area contributed by atoms with Crippen molar-refractivity contribution in [1.29, 1.82) is 0 Å². The Morgan fingerprint density at radius 2 is 1.10 bits per heavy atom. The molecule has 0 aromatic heterocycles. The minimum absolute atomic E-state index is 0.627. The first kappa shape index (κ1) is 25.4. The molecule has 0 aliphatic carbocycles. The van der Waals surface area contributed by atoms with Crippen molar-refractivity contribution < 1.29 is 18.9 Å². The van der Waals surface area contributed by atoms with Crippen molar-refractivity contribution in [3.63, 3.8) is 0 Å². The first-order valence-corrected chi connectivity index (χ1v) is 13.9. The zero-order chi connectivity index (χ0) is 22.4. The zero-order valence-electron chi connectivity index (χ0n) is 19.4. The number of hydrogen-bond donors (Lipinski definition) is 2. The average molecular weight is 447 g/mol. The summed E-state index contributed by atoms with van der Waals surface area (Å²) in [5.74, 6) is 0. The van der Waals surface area contributed by atoms with E-state index >= 15 is 0 Å². The maximum Gasteiger partial charge on any atom is 0.112 e. The molecular formula is C24H38N2O4Si. The predicted octanol–water partition coefficient (Wildman–Crippen LogP) is 2.66. The maximum absolute atomic E-state index is 5.53. The Labute approximate surface area is 188 Å². The lowest BCUT2D eigenvalue weighted by atomic mass is 10.3. The smallest absolute Gasteiger partial charge is 0.112 e. The molecule has 172 valence electrons. The van der Waals surface area contributed by atoms with Crippen molar-refractivity contribution in [2.24, 2.45) is 0 Å². The van der Waals surface area contributed by atoms with Crippen molar-refractivity contribution >= 4 is 29.8 Å². The van der Waals surface area contributed by atoms with Gasteiger partial charge in [0.05, 0.1) is 39.6 Å². The van der Waals surface area contributed by atoms with Gasteiger partial charge in [-0.25, -0.2) is 0 Å². The molecule has 0 aliphatic heterocycles. The van der Waals surface area contributed by atoms with Crippen LogP contribution in [0.2, 0.25) is 13.1 Å². The van der Waals surface area contributed by atoms with Crippen molar-refractivity contribution in [1.82, 2.24) is 0 Å². The molecule has 0 aliphatic rings. The highest BCUT2D eigenvalue weighted by atomic mass is 28.3. The number of ether oxygens (including phenoxy) is 4. The number of nitrogens with one attached hydrogen (secondary N) is 2. The summed E-state index contributed by atoms with van der Waals surface area (Å²) < 4.78 is 21.1. The molecule has 0 radical (unpaired) electrons. The highest BCUT2D eigenvalue weighted by Crippen LogP contribution is 2.13. The van der Waals surface area contributed by atoms with Crippen LogP contribution in [-0.2, 0) is 18.9 Å². The van der Waals surface area contributed by atoms with Gasteiger partial charge in [0.25, 0.3) is 0 Å². The molecule has 7 heteroatoms. The molecule has 0 amide bonds. The van der Waals surface area contributed by atoms with Gasteiger partial charge in [-0.2, -0.15) is 0 Å². The van der Waals surface area contributed by atoms with Gasteiger partial charge in [0.1, 0.15) is 8.07 Å². The molecule has 0 unspecified atom stereocenters. The standard InChI is InChI=1S/C24H38N2O4Si/c1-27-15-17-29-13-11-25-21-7-5-9-23(19-21)31(3,4)24-10-6-8-22(20-24)26-12-14-30-18-16-28-2/h5-10,19-20,25-26H,11-18H2,1-4H3. The summed E-state index contributed by atoms with van der Waals surface area (Å²) in [6.07, 6.45) is 0. The minimum atomic E-state index is -1.82. The quantitative estimate of drug-likeness (QED) is 0.305. The second-order valence-corrected chi connectivity index (χ2v) is 12.3. The first-order chi connectivity index (χ1) is 15.1. The summed E-state index contributed by atoms with van der Waals surface area (Å²) in [7, 11) is 1.54. The van der Waals surface area contributed by atoms with E-state index in [4.69, 9.17) is 18.9 Å². The molecule has 0 bridgehead atoms. The molecule has 0 saturated carbocycles. The van der Waals surface area contributed by atoms with Crippen LogP contribution in [0.25, 0.3) is 0 Å². The number of anilines is 2. The van der Waals surface area contributed by atoms with E-state index in [-0.39, 0.29) is 0 Å². The summed E-state index contributed by atoms with van der Waals surface area (Å²) in [5.41, 5.74) is 2.27. The second-order valence-electron chi connectivity index (χ2n) is 7.85. The SMILES string of the molecule is COCCOCCNc1cccc([Si](C)(C)c2cccc(NCCOCCOC)c2)c1. The van der Waals surface area contributed by atoms with Crippen LogP contribution in [0.1, 0.15) is 0 Å². The number of methoxy groups -OCH3 is 2. The lowest BCUT2D eigenvalue weighted by molar-refractivity contribution is 0.0759. The summed E-state index contributed by atoms with van der Waals surface area (Å²) in [6, 6.07) is 17.6. The van der Waals surface area contributed by atoms with Crippen molar-refractivity contribution in [3.8, 4) is 0 Å². The van der Waals surface area contributed by atoms with E-state index < -0.39 is 8.07 Å². The molecule has 31 heavy (non-hydrogen) atoms. The Morgan fingerprint density at radius 3 is 1.52 bits per heavy atom. The molecule has 0 spiro atoms. The van der Waals surface area contributed by atoms with Crippen LogP contribution in [-0.4, -0.2) is 75.0 Å². The number of hydrogen-bond acceptors (Lipinski definition) is 6. The van der Waals surface area contributed by atoms with Crippen LogP contribution in [0.5, 0.6) is 0 Å². The molecular weight excluding hydrogens is 408 g/mol. The minimum Gasteiger partial charge on any atom is -0.383 e. The summed E-state index contributed by atoms with van der Waals surface area (Å²) in [6.45, 7) is 10.2. The monoisotopic (exact) mass is 446 g/mol. The summed E-state index contributed by atoms with van der Waals surface area (Å²) in [5, 5.41) is 9.74. The van der Waals surface area contributed by atoms with Gasteiger partial charge in [0, 0.05) is 38.7 Å². The topological polar surface area (TPSA) is 61.0 Å². The predicted molar refractivity (Wildman–Crippen MR) is 132 cm³/mol. The second kappa shape index (κ2) is 14.2. The molecule has 2 aromatic rings. The highest BCUT2D eigenvalue weighted by molar-refractivity contribution is 7.00. The van der Waals surface area contributed by atoms with E-state index in [1.165, 1.54) is 10.4 Å². The molecule has 0 heterocycles. The fourth-order valence-corrected chi connectivity index (χ4v) is 5.62. The summed E-state index contributed by atoms with van der Waals surface area (Å²) in [4.78, 5) is 0. The molecule has 0 atom stereocenters. The average Bonchev–Trinajstić information content (AvgIpc) is 2.79. The van der Waals surface area contributed by atoms with Gasteiger partial charge >= 0.3 is 0 Å². The Bertz CT molecular complexity index is 696. The van der Waals surface area contributed by atoms with Gasteiger partial charge in [-0.1, -0.05) is 47.7 Å². The number of benzene rings is 2. The Morgan fingerprint density at radius 1 is 0.645 bits per heavy atom. The van der Waals surface area contributed by atoms with E-state index in [0.717, 1.165) is 24.5 Å². The summed E-state index contributed by atoms with van der Waals surface area (Å²) >= 11 is 0. The van der Waals surface area contributed by atoms with E-state index in [1.54, 1.807) is 14.2 Å². The molecule has 0 saturated heterocycles. The van der Waals surface area contributed by atoms with Crippen molar-refractivity contribution in [3.05, 3.63) is 48.5 Å². The van der Waals surface area contributed by atoms with E-state index in [1.807, 2.05) is 0 Å². The molecule has 2 aromatic carbocycles. The van der Waals surface area contributed by atoms with Gasteiger partial charge in [0.2, 0.25) is 0 Å². The lowest BCUT2D eigenvalue weighted by Gasteiger charge is -2.25. The van der Waals surface area contributed by atoms with Crippen LogP contribution in [0.15, 0.2) is 48.5 Å². The Kier molecular flexibility index (Phi) is 11.6. The molecule has 6 nitrogen and oxygen atoms in total. The van der Waals surface area contributed by atoms with Crippen LogP contribution >= 0.6 is 0 Å². The third-order valence-corrected chi connectivity index (χ3v) is 8.69. The van der Waals surface area contributed by atoms with Gasteiger partial charge < -0.3 is 29.6 Å². The van der Waals surface area contributed by atoms with Gasteiger partial charge in [0.15, 0.2) is 0 Å². The zero-order valence-corrected chi connectivity index (χ0v) is 20.4. The third kappa shape index (κ3) is 9.01. The van der Waals surface area contributed by atoms with Gasteiger partial charge in [-0.3, -0.25) is 0 Å². The lowest BCUT2D eigenvalue weighted by Crippen LogP contribution is -2.52. The normalized spacial score (nSPS) is 11.5. The highest BCUT2D eigenvalue weighted by Gasteiger charge is 2.26. The Hall–Kier alpha value is -1.90. The third-order valence-electron chi connectivity index (χ3n) is 5.18. The Balaban J connectivity index is 1.93. The fourth-order valence-electron chi connectivity index (χ4n) is 3.23. The van der Waals surface area contributed by atoms with E-state index in [0.29, 0.717) is 39.6 Å². The largest absolute Gasteiger partial charge is 0.383 e. The van der Waals surface area contributed by atoms with Crippen molar-refractivity contribution in [2.75, 3.05) is 77.6 Å². The molecule has 2 rings (SSSR count). The van der Waals surface area contributed by atoms with Gasteiger partial charge in [-0.05, 0) is 24.3 Å². The van der Waals surface area contributed by atoms with Crippen molar-refractivity contribution in [2.45, 2.75) is 13.1 Å². The van der Waals surface area contributed by atoms with Crippen LogP contribution in [0.4, 0.5) is 11.4 Å². The molecule has 0 fully saturated rings. The van der Waals surface area contributed by atoms with Crippen LogP contribution in [0.3, 0.4) is 0 Å². The van der Waals surface area contributed by atoms with Crippen LogP contribution in [0, 0.1) is 0 Å². The number of rotatable bonds is 16.